The van der Waals surface area contributed by atoms with Crippen molar-refractivity contribution < 1.29 is 0 Å². The van der Waals surface area contributed by atoms with Crippen molar-refractivity contribution in [1.82, 2.24) is 20.6 Å². The number of aromatic amines is 1. The molecule has 2 radical (unpaired) electrons. The van der Waals surface area contributed by atoms with Crippen LogP contribution in [0, 0.1) is 0 Å². The van der Waals surface area contributed by atoms with E-state index in [4.69, 9.17) is 5.73 Å². The van der Waals surface area contributed by atoms with E-state index in [0.717, 1.165) is 0 Å². The molecule has 5 nitrogen and oxygen atoms in total. The Balaban J connectivity index is 0.000000360. The van der Waals surface area contributed by atoms with Crippen molar-refractivity contribution in [3.63, 3.8) is 0 Å². The van der Waals surface area contributed by atoms with Gasteiger partial charge >= 0.3 is 0 Å². The van der Waals surface area contributed by atoms with Crippen LogP contribution in [0.3, 0.4) is 0 Å². The highest BCUT2D eigenvalue weighted by molar-refractivity contribution is 5.75. The molecule has 0 aliphatic heterocycles. The molecular weight excluding hydrogens is 106 g/mol. The van der Waals surface area contributed by atoms with Gasteiger partial charge in [0.15, 0.2) is 0 Å². The van der Waals surface area contributed by atoms with Crippen LogP contribution in [0.5, 0.6) is 0 Å². The van der Waals surface area contributed by atoms with Gasteiger partial charge in [0, 0.05) is 23.1 Å². The molecule has 0 aromatic carbocycles. The molecule has 0 saturated heterocycles. The van der Waals surface area contributed by atoms with E-state index >= 15 is 0 Å². The third-order valence-corrected chi connectivity index (χ3v) is 0.362. The number of nitrogens with zero attached hydrogens (tertiary/aromatic N) is 3. The molecule has 1 aromatic heterocycles. The van der Waals surface area contributed by atoms with Gasteiger partial charge in [0.1, 0.15) is 0 Å². The summed E-state index contributed by atoms with van der Waals surface area (Å²) in [7, 11) is 0. The first-order chi connectivity index (χ1) is 2.89. The van der Waals surface area contributed by atoms with Crippen LogP contribution in [0.15, 0.2) is 0 Å². The Kier molecular flexibility index (Phi) is 2.61. The minimum Gasteiger partial charge on any atom is -0.365 e. The maximum atomic E-state index is 4.96. The van der Waals surface area contributed by atoms with Gasteiger partial charge in [-0.3, -0.25) is 0 Å². The Morgan fingerprint density at radius 1 is 1.57 bits per heavy atom. The van der Waals surface area contributed by atoms with Gasteiger partial charge in [-0.1, -0.05) is 5.10 Å². The number of hydrogen-bond acceptors (Lipinski definition) is 4. The summed E-state index contributed by atoms with van der Waals surface area (Å²) in [5, 5.41) is 12.0. The molecule has 0 atom stereocenters. The molecule has 34 valence electrons. The Morgan fingerprint density at radius 3 is 2.43 bits per heavy atom. The smallest absolute Gasteiger partial charge is 0.260 e. The number of anilines is 1. The standard InChI is InChI=1S/CH3N5.Mg/c2-1-3-5-6-4-1;/h(H3,2,3,4,5,6);. The van der Waals surface area contributed by atoms with E-state index in [1.807, 2.05) is 0 Å². The first kappa shape index (κ1) is 6.64. The zero-order valence-corrected chi connectivity index (χ0v) is 5.04. The number of nitrogens with two attached hydrogens (primary N) is 1. The van der Waals surface area contributed by atoms with Crippen LogP contribution in [0.4, 0.5) is 5.95 Å². The maximum Gasteiger partial charge on any atom is 0.260 e. The molecule has 1 heterocycles. The van der Waals surface area contributed by atoms with E-state index in [1.165, 1.54) is 0 Å². The van der Waals surface area contributed by atoms with Crippen molar-refractivity contribution >= 4 is 29.0 Å². The van der Waals surface area contributed by atoms with Crippen molar-refractivity contribution in [2.24, 2.45) is 0 Å². The summed E-state index contributed by atoms with van der Waals surface area (Å²) in [6.45, 7) is 0. The molecule has 0 spiro atoms. The number of rotatable bonds is 0. The normalized spacial score (nSPS) is 7.43. The topological polar surface area (TPSA) is 80.5 Å². The van der Waals surface area contributed by atoms with E-state index in [0.29, 0.717) is 0 Å². The fourth-order valence-corrected chi connectivity index (χ4v) is 0.170. The van der Waals surface area contributed by atoms with Crippen molar-refractivity contribution in [1.29, 1.82) is 0 Å². The van der Waals surface area contributed by atoms with Crippen LogP contribution in [-0.4, -0.2) is 43.7 Å². The van der Waals surface area contributed by atoms with Crippen LogP contribution in [0.1, 0.15) is 0 Å². The third-order valence-electron chi connectivity index (χ3n) is 0.362. The minimum atomic E-state index is 0. The molecule has 0 fully saturated rings. The molecule has 6 heteroatoms. The highest BCUT2D eigenvalue weighted by Gasteiger charge is 1.78. The van der Waals surface area contributed by atoms with Crippen LogP contribution in [0.2, 0.25) is 0 Å². The number of nitrogen functional groups attached to an aromatic ring is 1. The second kappa shape index (κ2) is 2.75. The summed E-state index contributed by atoms with van der Waals surface area (Å²) in [5.74, 6) is 0.176. The lowest BCUT2D eigenvalue weighted by molar-refractivity contribution is 0.881. The van der Waals surface area contributed by atoms with Crippen molar-refractivity contribution in [2.45, 2.75) is 0 Å². The summed E-state index contributed by atoms with van der Waals surface area (Å²) >= 11 is 0. The molecular formula is CH3MgN5. The zero-order valence-electron chi connectivity index (χ0n) is 3.63. The molecule has 0 unspecified atom stereocenters. The van der Waals surface area contributed by atoms with E-state index in [-0.39, 0.29) is 29.0 Å². The van der Waals surface area contributed by atoms with Crippen LogP contribution < -0.4 is 5.73 Å². The van der Waals surface area contributed by atoms with E-state index in [2.05, 4.69) is 20.6 Å². The molecule has 1 rings (SSSR count). The summed E-state index contributed by atoms with van der Waals surface area (Å²) in [5.41, 5.74) is 4.96. The van der Waals surface area contributed by atoms with Crippen LogP contribution in [0.25, 0.3) is 0 Å². The number of hydrogen-bond donors (Lipinski definition) is 2. The Labute approximate surface area is 55.8 Å². The average Bonchev–Trinajstić information content (AvgIpc) is 1.86. The van der Waals surface area contributed by atoms with Crippen molar-refractivity contribution in [3.05, 3.63) is 0 Å². The highest BCUT2D eigenvalue weighted by atomic mass is 24.3. The predicted molar refractivity (Wildman–Crippen MR) is 24.3 cm³/mol. The fourth-order valence-electron chi connectivity index (χ4n) is 0.170. The maximum absolute atomic E-state index is 4.96. The lowest BCUT2D eigenvalue weighted by Crippen LogP contribution is -1.84. The summed E-state index contributed by atoms with van der Waals surface area (Å²) < 4.78 is 0. The zero-order chi connectivity index (χ0) is 4.41. The first-order valence-corrected chi connectivity index (χ1v) is 1.38. The summed E-state index contributed by atoms with van der Waals surface area (Å²) in [4.78, 5) is 0. The van der Waals surface area contributed by atoms with Gasteiger partial charge in [-0.15, -0.1) is 5.10 Å². The Hall–Kier alpha value is -0.364. The van der Waals surface area contributed by atoms with E-state index in [1.54, 1.807) is 0 Å². The van der Waals surface area contributed by atoms with Gasteiger partial charge in [-0.2, -0.15) is 5.21 Å². The molecule has 0 amide bonds. The van der Waals surface area contributed by atoms with Crippen LogP contribution >= 0.6 is 0 Å². The van der Waals surface area contributed by atoms with Crippen molar-refractivity contribution in [2.75, 3.05) is 5.73 Å². The lowest BCUT2D eigenvalue weighted by Gasteiger charge is -1.62. The van der Waals surface area contributed by atoms with Gasteiger partial charge in [0.25, 0.3) is 5.95 Å². The molecule has 0 bridgehead atoms. The van der Waals surface area contributed by atoms with E-state index in [9.17, 15) is 0 Å². The Morgan fingerprint density at radius 2 is 2.29 bits per heavy atom. The predicted octanol–water partition coefficient (Wildman–Crippen LogP) is -1.60. The largest absolute Gasteiger partial charge is 0.365 e. The monoisotopic (exact) mass is 109 g/mol. The summed E-state index contributed by atoms with van der Waals surface area (Å²) in [6, 6.07) is 0. The minimum absolute atomic E-state index is 0. The van der Waals surface area contributed by atoms with Crippen LogP contribution in [-0.2, 0) is 0 Å². The fraction of sp³-hybridized carbons (Fsp3) is 0. The van der Waals surface area contributed by atoms with Gasteiger partial charge in [0.2, 0.25) is 0 Å². The van der Waals surface area contributed by atoms with Gasteiger partial charge in [0.05, 0.1) is 0 Å². The van der Waals surface area contributed by atoms with Crippen molar-refractivity contribution in [3.8, 4) is 0 Å². The quantitative estimate of drug-likeness (QED) is 0.393. The van der Waals surface area contributed by atoms with E-state index < -0.39 is 0 Å². The number of aromatic nitrogens is 4. The Bertz CT molecular complexity index is 112. The number of H-pyrrole nitrogens is 1. The molecule has 0 aliphatic carbocycles. The van der Waals surface area contributed by atoms with Gasteiger partial charge in [-0.25, -0.2) is 0 Å². The van der Waals surface area contributed by atoms with Gasteiger partial charge < -0.3 is 5.73 Å². The lowest BCUT2D eigenvalue weighted by atomic mass is 11.2. The molecule has 7 heavy (non-hydrogen) atoms. The molecule has 0 aliphatic rings. The number of nitrogens with one attached hydrogen (secondary N) is 1. The molecule has 0 saturated carbocycles. The van der Waals surface area contributed by atoms with Gasteiger partial charge in [-0.05, 0) is 5.21 Å². The highest BCUT2D eigenvalue weighted by Crippen LogP contribution is 1.72. The average molecular weight is 109 g/mol. The summed E-state index contributed by atoms with van der Waals surface area (Å²) in [6.07, 6.45) is 0. The second-order valence-corrected chi connectivity index (χ2v) is 0.770. The number of tetrazole rings is 1. The second-order valence-electron chi connectivity index (χ2n) is 0.770. The molecule has 1 aromatic rings. The SMILES string of the molecule is Nc1nn[nH]n1.[Mg]. The first-order valence-electron chi connectivity index (χ1n) is 1.38. The third kappa shape index (κ3) is 1.69. The molecule has 3 N–H and O–H groups in total.